The van der Waals surface area contributed by atoms with E-state index in [0.717, 1.165) is 0 Å². The summed E-state index contributed by atoms with van der Waals surface area (Å²) >= 11 is 0. The Kier molecular flexibility index (Phi) is 9.17. The maximum Gasteiger partial charge on any atom is 0.320 e. The number of benzene rings is 1. The topological polar surface area (TPSA) is 109 Å². The van der Waals surface area contributed by atoms with Crippen molar-refractivity contribution in [2.24, 2.45) is 5.16 Å². The van der Waals surface area contributed by atoms with E-state index in [1.807, 2.05) is 0 Å². The van der Waals surface area contributed by atoms with Crippen LogP contribution in [0.3, 0.4) is 0 Å². The van der Waals surface area contributed by atoms with Gasteiger partial charge in [0.25, 0.3) is 0 Å². The van der Waals surface area contributed by atoms with Crippen molar-refractivity contribution >= 4 is 11.7 Å². The van der Waals surface area contributed by atoms with E-state index in [4.69, 9.17) is 33.3 Å². The van der Waals surface area contributed by atoms with E-state index in [1.165, 1.54) is 21.3 Å². The van der Waals surface area contributed by atoms with E-state index in [9.17, 15) is 4.79 Å². The first-order chi connectivity index (χ1) is 14.5. The first kappa shape index (κ1) is 23.2. The molecule has 0 radical (unpaired) electrons. The number of oxime groups is 1. The predicted molar refractivity (Wildman–Crippen MR) is 107 cm³/mol. The minimum absolute atomic E-state index is 0.0344. The number of esters is 1. The third-order valence-electron chi connectivity index (χ3n) is 4.23. The summed E-state index contributed by atoms with van der Waals surface area (Å²) in [5.74, 6) is 0.659. The van der Waals surface area contributed by atoms with Crippen molar-refractivity contribution < 1.29 is 38.1 Å². The zero-order chi connectivity index (χ0) is 21.9. The molecule has 0 aliphatic carbocycles. The van der Waals surface area contributed by atoms with Gasteiger partial charge in [-0.05, 0) is 43.2 Å². The third kappa shape index (κ3) is 6.50. The summed E-state index contributed by atoms with van der Waals surface area (Å²) < 4.78 is 31.9. The molecule has 1 atom stereocenters. The molecular formula is C21H27NO8. The van der Waals surface area contributed by atoms with Gasteiger partial charge in [0.1, 0.15) is 28.9 Å². The Morgan fingerprint density at radius 1 is 1.07 bits per heavy atom. The van der Waals surface area contributed by atoms with Gasteiger partial charge in [0.05, 0.1) is 12.8 Å². The Morgan fingerprint density at radius 2 is 1.70 bits per heavy atom. The molecule has 30 heavy (non-hydrogen) atoms. The van der Waals surface area contributed by atoms with Gasteiger partial charge in [0.2, 0.25) is 0 Å². The standard InChI is InChI=1S/C21H27NO8/c1-14(22-24)5-6-16-7-8-19(30-16)20(21(23)27-4)15-9-17(28-12-25-2)11-18(10-15)29-13-26-3/h7-11,20,24H,5-6,12-13H2,1-4H3. The number of furan rings is 1. The molecule has 0 bridgehead atoms. The largest absolute Gasteiger partial charge is 0.468 e. The van der Waals surface area contributed by atoms with E-state index in [1.54, 1.807) is 37.3 Å². The summed E-state index contributed by atoms with van der Waals surface area (Å²) in [5, 5.41) is 11.9. The van der Waals surface area contributed by atoms with Crippen LogP contribution in [0.1, 0.15) is 36.3 Å². The van der Waals surface area contributed by atoms with Gasteiger partial charge in [-0.3, -0.25) is 4.79 Å². The molecular weight excluding hydrogens is 394 g/mol. The quantitative estimate of drug-likeness (QED) is 0.183. The number of hydrogen-bond donors (Lipinski definition) is 1. The average Bonchev–Trinajstić information content (AvgIpc) is 3.22. The Balaban J connectivity index is 2.38. The second-order valence-electron chi connectivity index (χ2n) is 6.44. The molecule has 0 saturated carbocycles. The Bertz CT molecular complexity index is 819. The number of methoxy groups -OCH3 is 3. The molecule has 9 heteroatoms. The van der Waals surface area contributed by atoms with Crippen molar-refractivity contribution in [1.82, 2.24) is 0 Å². The van der Waals surface area contributed by atoms with Crippen molar-refractivity contribution in [3.8, 4) is 11.5 Å². The molecule has 0 spiro atoms. The highest BCUT2D eigenvalue weighted by Gasteiger charge is 2.28. The lowest BCUT2D eigenvalue weighted by Gasteiger charge is -2.16. The summed E-state index contributed by atoms with van der Waals surface area (Å²) in [6, 6.07) is 8.57. The van der Waals surface area contributed by atoms with E-state index >= 15 is 0 Å². The number of rotatable bonds is 12. The smallest absolute Gasteiger partial charge is 0.320 e. The molecule has 0 amide bonds. The number of hydrogen-bond acceptors (Lipinski definition) is 9. The van der Waals surface area contributed by atoms with Crippen LogP contribution in [0, 0.1) is 0 Å². The Hall–Kier alpha value is -3.04. The van der Waals surface area contributed by atoms with Gasteiger partial charge >= 0.3 is 5.97 Å². The molecule has 0 saturated heterocycles. The van der Waals surface area contributed by atoms with E-state index in [2.05, 4.69) is 5.16 Å². The van der Waals surface area contributed by atoms with Crippen molar-refractivity contribution in [1.29, 1.82) is 0 Å². The van der Waals surface area contributed by atoms with Crippen LogP contribution in [0.25, 0.3) is 0 Å². The molecule has 9 nitrogen and oxygen atoms in total. The van der Waals surface area contributed by atoms with Crippen molar-refractivity contribution in [2.75, 3.05) is 34.9 Å². The highest BCUT2D eigenvalue weighted by atomic mass is 16.7. The van der Waals surface area contributed by atoms with Crippen LogP contribution >= 0.6 is 0 Å². The number of carbonyl (C=O) groups excluding carboxylic acids is 1. The summed E-state index contributed by atoms with van der Waals surface area (Å²) in [6.07, 6.45) is 1.06. The second kappa shape index (κ2) is 11.8. The highest BCUT2D eigenvalue weighted by Crippen LogP contribution is 2.33. The summed E-state index contributed by atoms with van der Waals surface area (Å²) in [4.78, 5) is 12.6. The molecule has 1 unspecified atom stereocenters. The summed E-state index contributed by atoms with van der Waals surface area (Å²) in [6.45, 7) is 1.79. The fourth-order valence-electron chi connectivity index (χ4n) is 2.75. The molecule has 1 heterocycles. The van der Waals surface area contributed by atoms with Gasteiger partial charge in [-0.2, -0.15) is 0 Å². The molecule has 2 aromatic rings. The molecule has 1 aromatic carbocycles. The SMILES string of the molecule is COCOc1cc(OCOC)cc(C(C(=O)OC)c2ccc(CCC(C)=NO)o2)c1. The van der Waals surface area contributed by atoms with Gasteiger partial charge < -0.3 is 33.3 Å². The highest BCUT2D eigenvalue weighted by molar-refractivity contribution is 5.82. The number of nitrogens with zero attached hydrogens (tertiary/aromatic N) is 1. The minimum Gasteiger partial charge on any atom is -0.468 e. The van der Waals surface area contributed by atoms with E-state index < -0.39 is 11.9 Å². The van der Waals surface area contributed by atoms with E-state index in [0.29, 0.717) is 47.1 Å². The second-order valence-corrected chi connectivity index (χ2v) is 6.44. The van der Waals surface area contributed by atoms with Gasteiger partial charge in [-0.1, -0.05) is 5.16 Å². The van der Waals surface area contributed by atoms with Crippen LogP contribution < -0.4 is 9.47 Å². The molecule has 164 valence electrons. The minimum atomic E-state index is -0.827. The molecule has 2 rings (SSSR count). The lowest BCUT2D eigenvalue weighted by atomic mass is 9.96. The molecule has 0 aliphatic heterocycles. The fraction of sp³-hybridized carbons (Fsp3) is 0.429. The first-order valence-corrected chi connectivity index (χ1v) is 9.24. The Labute approximate surface area is 175 Å². The number of aryl methyl sites for hydroxylation is 1. The van der Waals surface area contributed by atoms with Crippen molar-refractivity contribution in [2.45, 2.75) is 25.7 Å². The zero-order valence-electron chi connectivity index (χ0n) is 17.5. The van der Waals surface area contributed by atoms with Gasteiger partial charge in [0.15, 0.2) is 13.6 Å². The zero-order valence-corrected chi connectivity index (χ0v) is 17.5. The molecule has 0 fully saturated rings. The van der Waals surface area contributed by atoms with E-state index in [-0.39, 0.29) is 13.6 Å². The van der Waals surface area contributed by atoms with Gasteiger partial charge in [-0.25, -0.2) is 0 Å². The normalized spacial score (nSPS) is 12.5. The van der Waals surface area contributed by atoms with Crippen LogP contribution in [0.5, 0.6) is 11.5 Å². The van der Waals surface area contributed by atoms with Gasteiger partial charge in [0, 0.05) is 26.7 Å². The van der Waals surface area contributed by atoms with Crippen LogP contribution in [-0.4, -0.2) is 51.8 Å². The average molecular weight is 421 g/mol. The van der Waals surface area contributed by atoms with Gasteiger partial charge in [-0.15, -0.1) is 0 Å². The molecule has 1 N–H and O–H groups in total. The number of carbonyl (C=O) groups is 1. The monoisotopic (exact) mass is 421 g/mol. The van der Waals surface area contributed by atoms with Crippen molar-refractivity contribution in [3.05, 3.63) is 47.4 Å². The Morgan fingerprint density at radius 3 is 2.23 bits per heavy atom. The third-order valence-corrected chi connectivity index (χ3v) is 4.23. The predicted octanol–water partition coefficient (Wildman–Crippen LogP) is 3.33. The number of ether oxygens (including phenoxy) is 5. The van der Waals surface area contributed by atoms with Crippen LogP contribution in [0.4, 0.5) is 0 Å². The summed E-state index contributed by atoms with van der Waals surface area (Å²) in [5.41, 5.74) is 1.15. The lowest BCUT2D eigenvalue weighted by Crippen LogP contribution is -2.16. The molecule has 1 aromatic heterocycles. The molecule has 0 aliphatic rings. The van der Waals surface area contributed by atoms with Crippen LogP contribution in [-0.2, 0) is 25.4 Å². The van der Waals surface area contributed by atoms with Crippen LogP contribution in [0.15, 0.2) is 39.9 Å². The lowest BCUT2D eigenvalue weighted by molar-refractivity contribution is -0.141. The van der Waals surface area contributed by atoms with Crippen LogP contribution in [0.2, 0.25) is 0 Å². The summed E-state index contributed by atoms with van der Waals surface area (Å²) in [7, 11) is 4.34. The first-order valence-electron chi connectivity index (χ1n) is 9.24. The fourth-order valence-corrected chi connectivity index (χ4v) is 2.75. The maximum atomic E-state index is 12.6. The maximum absolute atomic E-state index is 12.6. The van der Waals surface area contributed by atoms with Crippen molar-refractivity contribution in [3.63, 3.8) is 0 Å².